The quantitative estimate of drug-likeness (QED) is 0.857. The number of nitrogens with zero attached hydrogens (tertiary/aromatic N) is 1. The van der Waals surface area contributed by atoms with Gasteiger partial charge in [-0.2, -0.15) is 11.8 Å². The number of aryl methyl sites for hydroxylation is 1. The minimum Gasteiger partial charge on any atom is -0.310 e. The Hall–Kier alpha value is -0.0600. The van der Waals surface area contributed by atoms with Crippen LogP contribution in [0.25, 0.3) is 0 Å². The zero-order valence-electron chi connectivity index (χ0n) is 10.8. The zero-order chi connectivity index (χ0) is 12.1. The molecule has 17 heavy (non-hydrogen) atoms. The lowest BCUT2D eigenvalue weighted by molar-refractivity contribution is 0.531. The zero-order valence-corrected chi connectivity index (χ0v) is 12.4. The molecule has 1 aromatic rings. The van der Waals surface area contributed by atoms with Crippen LogP contribution in [0.4, 0.5) is 0 Å². The number of thioether (sulfide) groups is 1. The third kappa shape index (κ3) is 3.46. The Morgan fingerprint density at radius 3 is 2.82 bits per heavy atom. The molecule has 1 aliphatic carbocycles. The minimum absolute atomic E-state index is 0.504. The summed E-state index contributed by atoms with van der Waals surface area (Å²) in [6.07, 6.45) is 8.86. The summed E-state index contributed by atoms with van der Waals surface area (Å²) in [6.45, 7) is 4.23. The van der Waals surface area contributed by atoms with Crippen molar-refractivity contribution in [2.24, 2.45) is 0 Å². The molecule has 0 amide bonds. The Bertz CT molecular complexity index is 343. The molecule has 0 atom stereocenters. The van der Waals surface area contributed by atoms with Gasteiger partial charge in [0.25, 0.3) is 0 Å². The van der Waals surface area contributed by atoms with E-state index in [-0.39, 0.29) is 0 Å². The van der Waals surface area contributed by atoms with E-state index in [1.807, 2.05) is 11.8 Å². The SMILES string of the molecule is CCc1nc(CNCC2(SC)CCCC2)cs1. The van der Waals surface area contributed by atoms with Gasteiger partial charge in [-0.1, -0.05) is 19.8 Å². The number of rotatable bonds is 6. The summed E-state index contributed by atoms with van der Waals surface area (Å²) >= 11 is 3.83. The second kappa shape index (κ2) is 6.21. The molecule has 1 aliphatic rings. The van der Waals surface area contributed by atoms with E-state index >= 15 is 0 Å². The third-order valence-corrected chi connectivity index (χ3v) is 6.06. The molecule has 0 unspecified atom stereocenters. The average Bonchev–Trinajstić information content (AvgIpc) is 2.98. The van der Waals surface area contributed by atoms with Crippen molar-refractivity contribution in [2.45, 2.75) is 50.3 Å². The van der Waals surface area contributed by atoms with Crippen molar-refractivity contribution in [3.8, 4) is 0 Å². The second-order valence-electron chi connectivity index (χ2n) is 4.78. The predicted octanol–water partition coefficient (Wildman–Crippen LogP) is 3.47. The lowest BCUT2D eigenvalue weighted by atomic mass is 10.1. The molecule has 1 heterocycles. The summed E-state index contributed by atoms with van der Waals surface area (Å²) < 4.78 is 0.504. The first-order chi connectivity index (χ1) is 8.28. The van der Waals surface area contributed by atoms with Gasteiger partial charge in [-0.05, 0) is 25.5 Å². The molecule has 96 valence electrons. The van der Waals surface area contributed by atoms with Gasteiger partial charge in [0.05, 0.1) is 10.7 Å². The first-order valence-electron chi connectivity index (χ1n) is 6.47. The Kier molecular flexibility index (Phi) is 4.88. The molecular formula is C13H22N2S2. The number of hydrogen-bond acceptors (Lipinski definition) is 4. The van der Waals surface area contributed by atoms with Gasteiger partial charge in [-0.3, -0.25) is 0 Å². The lowest BCUT2D eigenvalue weighted by Gasteiger charge is -2.26. The van der Waals surface area contributed by atoms with Crippen molar-refractivity contribution < 1.29 is 0 Å². The Morgan fingerprint density at radius 1 is 1.47 bits per heavy atom. The van der Waals surface area contributed by atoms with Crippen LogP contribution in [0.3, 0.4) is 0 Å². The normalized spacial score (nSPS) is 18.7. The molecule has 1 aromatic heterocycles. The van der Waals surface area contributed by atoms with Gasteiger partial charge in [-0.25, -0.2) is 4.98 Å². The van der Waals surface area contributed by atoms with Crippen LogP contribution < -0.4 is 5.32 Å². The van der Waals surface area contributed by atoms with Gasteiger partial charge < -0.3 is 5.32 Å². The van der Waals surface area contributed by atoms with Gasteiger partial charge >= 0.3 is 0 Å². The topological polar surface area (TPSA) is 24.9 Å². The maximum atomic E-state index is 4.59. The van der Waals surface area contributed by atoms with Gasteiger partial charge in [0.2, 0.25) is 0 Å². The van der Waals surface area contributed by atoms with E-state index in [1.165, 1.54) is 36.4 Å². The number of hydrogen-bond donors (Lipinski definition) is 1. The summed E-state index contributed by atoms with van der Waals surface area (Å²) in [7, 11) is 0. The molecule has 2 rings (SSSR count). The van der Waals surface area contributed by atoms with Crippen LogP contribution in [0, 0.1) is 0 Å². The molecule has 0 aliphatic heterocycles. The minimum atomic E-state index is 0.504. The molecular weight excluding hydrogens is 248 g/mol. The predicted molar refractivity (Wildman–Crippen MR) is 77.9 cm³/mol. The highest BCUT2D eigenvalue weighted by Gasteiger charge is 2.32. The summed E-state index contributed by atoms with van der Waals surface area (Å²) in [6, 6.07) is 0. The van der Waals surface area contributed by atoms with E-state index in [9.17, 15) is 0 Å². The van der Waals surface area contributed by atoms with Crippen molar-refractivity contribution in [3.05, 3.63) is 16.1 Å². The highest BCUT2D eigenvalue weighted by molar-refractivity contribution is 8.00. The first-order valence-corrected chi connectivity index (χ1v) is 8.57. The molecule has 1 saturated carbocycles. The average molecular weight is 270 g/mol. The van der Waals surface area contributed by atoms with Crippen molar-refractivity contribution in [2.75, 3.05) is 12.8 Å². The monoisotopic (exact) mass is 270 g/mol. The molecule has 1 fully saturated rings. The molecule has 0 spiro atoms. The molecule has 0 radical (unpaired) electrons. The summed E-state index contributed by atoms with van der Waals surface area (Å²) in [5, 5.41) is 7.03. The van der Waals surface area contributed by atoms with Crippen LogP contribution in [0.2, 0.25) is 0 Å². The largest absolute Gasteiger partial charge is 0.310 e. The summed E-state index contributed by atoms with van der Waals surface area (Å²) in [4.78, 5) is 4.59. The number of thiazole rings is 1. The van der Waals surface area contributed by atoms with Gasteiger partial charge in [-0.15, -0.1) is 11.3 Å². The van der Waals surface area contributed by atoms with Crippen LogP contribution in [0.5, 0.6) is 0 Å². The van der Waals surface area contributed by atoms with Crippen LogP contribution in [-0.4, -0.2) is 22.5 Å². The summed E-state index contributed by atoms with van der Waals surface area (Å²) in [5.74, 6) is 0. The van der Waals surface area contributed by atoms with E-state index in [1.54, 1.807) is 11.3 Å². The van der Waals surface area contributed by atoms with Gasteiger partial charge in [0.15, 0.2) is 0 Å². The fraction of sp³-hybridized carbons (Fsp3) is 0.769. The fourth-order valence-corrected chi connectivity index (χ4v) is 4.17. The van der Waals surface area contributed by atoms with Gasteiger partial charge in [0.1, 0.15) is 0 Å². The molecule has 2 nitrogen and oxygen atoms in total. The van der Waals surface area contributed by atoms with E-state index in [4.69, 9.17) is 0 Å². The lowest BCUT2D eigenvalue weighted by Crippen LogP contribution is -2.34. The van der Waals surface area contributed by atoms with E-state index in [2.05, 4.69) is 28.9 Å². The molecule has 0 aromatic carbocycles. The molecule has 0 bridgehead atoms. The molecule has 4 heteroatoms. The van der Waals surface area contributed by atoms with Crippen molar-refractivity contribution in [1.82, 2.24) is 10.3 Å². The van der Waals surface area contributed by atoms with Gasteiger partial charge in [0, 0.05) is 23.2 Å². The number of aromatic nitrogens is 1. The van der Waals surface area contributed by atoms with E-state index in [0.717, 1.165) is 19.5 Å². The Labute approximate surface area is 113 Å². The van der Waals surface area contributed by atoms with E-state index < -0.39 is 0 Å². The van der Waals surface area contributed by atoms with Crippen LogP contribution >= 0.6 is 23.1 Å². The Morgan fingerprint density at radius 2 is 2.24 bits per heavy atom. The first kappa shape index (κ1) is 13.4. The standard InChI is InChI=1S/C13H22N2S2/c1-3-12-15-11(9-17-12)8-14-10-13(16-2)6-4-5-7-13/h9,14H,3-8,10H2,1-2H3. The second-order valence-corrected chi connectivity index (χ2v) is 7.00. The summed E-state index contributed by atoms with van der Waals surface area (Å²) in [5.41, 5.74) is 1.21. The smallest absolute Gasteiger partial charge is 0.0926 e. The molecule has 1 N–H and O–H groups in total. The molecule has 0 saturated heterocycles. The maximum Gasteiger partial charge on any atom is 0.0926 e. The van der Waals surface area contributed by atoms with Crippen LogP contribution in [0.15, 0.2) is 5.38 Å². The Balaban J connectivity index is 1.78. The highest BCUT2D eigenvalue weighted by Crippen LogP contribution is 2.39. The van der Waals surface area contributed by atoms with E-state index in [0.29, 0.717) is 4.75 Å². The van der Waals surface area contributed by atoms with Crippen LogP contribution in [0.1, 0.15) is 43.3 Å². The number of nitrogens with one attached hydrogen (secondary N) is 1. The third-order valence-electron chi connectivity index (χ3n) is 3.60. The fourth-order valence-electron chi connectivity index (χ4n) is 2.48. The van der Waals surface area contributed by atoms with Crippen molar-refractivity contribution in [3.63, 3.8) is 0 Å². The maximum absolute atomic E-state index is 4.59. The van der Waals surface area contributed by atoms with Crippen molar-refractivity contribution in [1.29, 1.82) is 0 Å². The van der Waals surface area contributed by atoms with Crippen LogP contribution in [-0.2, 0) is 13.0 Å². The van der Waals surface area contributed by atoms with Crippen molar-refractivity contribution >= 4 is 23.1 Å². The highest BCUT2D eigenvalue weighted by atomic mass is 32.2.